The summed E-state index contributed by atoms with van der Waals surface area (Å²) in [7, 11) is 1.99. The van der Waals surface area contributed by atoms with Crippen molar-refractivity contribution in [1.29, 1.82) is 0 Å². The summed E-state index contributed by atoms with van der Waals surface area (Å²) in [5, 5.41) is 0. The molecule has 0 N–H and O–H groups in total. The van der Waals surface area contributed by atoms with Crippen molar-refractivity contribution in [3.8, 4) is 5.75 Å². The number of hydrogen-bond acceptors (Lipinski definition) is 5. The van der Waals surface area contributed by atoms with Crippen molar-refractivity contribution in [2.24, 2.45) is 0 Å². The van der Waals surface area contributed by atoms with E-state index in [2.05, 4.69) is 30.3 Å². The topological polar surface area (TPSA) is 72.9 Å². The van der Waals surface area contributed by atoms with Crippen LogP contribution in [0, 0.1) is 0 Å². The quantitative estimate of drug-likeness (QED) is 0.185. The van der Waals surface area contributed by atoms with Crippen LogP contribution in [0.5, 0.6) is 5.75 Å². The van der Waals surface area contributed by atoms with Gasteiger partial charge in [-0.2, -0.15) is 8.42 Å². The zero-order valence-electron chi connectivity index (χ0n) is 23.6. The molecule has 1 amide bonds. The predicted molar refractivity (Wildman–Crippen MR) is 154 cm³/mol. The molecule has 0 heterocycles. The summed E-state index contributed by atoms with van der Waals surface area (Å²) in [6.07, 6.45) is 13.4. The van der Waals surface area contributed by atoms with Crippen molar-refractivity contribution in [2.75, 3.05) is 34.1 Å². The van der Waals surface area contributed by atoms with Gasteiger partial charge in [-0.3, -0.25) is 8.98 Å². The largest absolute Gasteiger partial charge is 0.497 e. The monoisotopic (exact) mass is 543 g/mol. The van der Waals surface area contributed by atoms with Gasteiger partial charge in [-0.25, -0.2) is 0 Å². The lowest BCUT2D eigenvalue weighted by Gasteiger charge is -2.34. The van der Waals surface area contributed by atoms with Crippen molar-refractivity contribution in [2.45, 2.75) is 82.5 Å². The van der Waals surface area contributed by atoms with Crippen LogP contribution in [0.3, 0.4) is 0 Å². The van der Waals surface area contributed by atoms with Gasteiger partial charge in [0.05, 0.1) is 20.0 Å². The Hall–Kier alpha value is -2.38. The first kappa shape index (κ1) is 30.2. The first-order chi connectivity index (χ1) is 18.2. The van der Waals surface area contributed by atoms with Crippen LogP contribution in [-0.4, -0.2) is 53.3 Å². The minimum atomic E-state index is -3.32. The fraction of sp³-hybridized carbons (Fsp3) is 0.581. The Morgan fingerprint density at radius 2 is 1.55 bits per heavy atom. The molecule has 1 aliphatic rings. The summed E-state index contributed by atoms with van der Waals surface area (Å²) in [5.74, 6) is 1.88. The molecule has 7 heteroatoms. The molecule has 0 radical (unpaired) electrons. The van der Waals surface area contributed by atoms with Gasteiger partial charge in [-0.1, -0.05) is 63.1 Å². The summed E-state index contributed by atoms with van der Waals surface area (Å²) in [4.78, 5) is 14.0. The van der Waals surface area contributed by atoms with Gasteiger partial charge in [0.2, 0.25) is 0 Å². The Morgan fingerprint density at radius 3 is 2.16 bits per heavy atom. The van der Waals surface area contributed by atoms with E-state index in [9.17, 15) is 13.2 Å². The Labute approximate surface area is 229 Å². The van der Waals surface area contributed by atoms with Gasteiger partial charge < -0.3 is 9.64 Å². The normalized spacial score (nSPS) is 17.2. The molecular formula is C31H45NO5S. The maximum Gasteiger partial charge on any atom is 0.264 e. The van der Waals surface area contributed by atoms with E-state index >= 15 is 0 Å². The number of aryl methyl sites for hydroxylation is 1. The van der Waals surface area contributed by atoms with E-state index in [0.717, 1.165) is 56.1 Å². The lowest BCUT2D eigenvalue weighted by Crippen LogP contribution is -2.22. The Kier molecular flexibility index (Phi) is 11.7. The number of unbranched alkanes of at least 4 members (excludes halogenated alkanes) is 7. The van der Waals surface area contributed by atoms with Gasteiger partial charge >= 0.3 is 0 Å². The molecule has 2 aromatic rings. The van der Waals surface area contributed by atoms with Crippen LogP contribution in [0.1, 0.15) is 103 Å². The maximum atomic E-state index is 12.4. The fourth-order valence-electron chi connectivity index (χ4n) is 5.64. The Morgan fingerprint density at radius 1 is 0.921 bits per heavy atom. The first-order valence-corrected chi connectivity index (χ1v) is 15.8. The van der Waals surface area contributed by atoms with Crippen molar-refractivity contribution in [1.82, 2.24) is 4.90 Å². The smallest absolute Gasteiger partial charge is 0.264 e. The minimum Gasteiger partial charge on any atom is -0.497 e. The highest BCUT2D eigenvalue weighted by molar-refractivity contribution is 7.85. The lowest BCUT2D eigenvalue weighted by molar-refractivity contribution is 0.0827. The Balaban J connectivity index is 1.54. The van der Waals surface area contributed by atoms with E-state index in [4.69, 9.17) is 8.92 Å². The molecule has 0 aromatic heterocycles. The van der Waals surface area contributed by atoms with Gasteiger partial charge in [0.1, 0.15) is 5.75 Å². The fourth-order valence-corrected chi connectivity index (χ4v) is 6.06. The average molecular weight is 544 g/mol. The molecule has 0 saturated carbocycles. The second kappa shape index (κ2) is 14.7. The number of nitrogens with zero attached hydrogens (tertiary/aromatic N) is 1. The number of carbonyl (C=O) groups excluding carboxylic acids is 1. The first-order valence-electron chi connectivity index (χ1n) is 14.0. The second-order valence-corrected chi connectivity index (χ2v) is 12.4. The van der Waals surface area contributed by atoms with Crippen molar-refractivity contribution in [3.63, 3.8) is 0 Å². The van der Waals surface area contributed by atoms with Crippen molar-refractivity contribution >= 4 is 16.0 Å². The van der Waals surface area contributed by atoms with Gasteiger partial charge in [0.15, 0.2) is 0 Å². The highest BCUT2D eigenvalue weighted by Crippen LogP contribution is 2.46. The number of benzene rings is 2. The van der Waals surface area contributed by atoms with E-state index < -0.39 is 10.1 Å². The molecule has 0 bridgehead atoms. The van der Waals surface area contributed by atoms with Crippen LogP contribution in [-0.2, 0) is 20.7 Å². The summed E-state index contributed by atoms with van der Waals surface area (Å²) in [6, 6.07) is 14.8. The van der Waals surface area contributed by atoms with Gasteiger partial charge in [0.25, 0.3) is 16.0 Å². The molecule has 1 aliphatic carbocycles. The van der Waals surface area contributed by atoms with E-state index in [1.807, 2.05) is 12.1 Å². The van der Waals surface area contributed by atoms with E-state index in [-0.39, 0.29) is 5.91 Å². The van der Waals surface area contributed by atoms with E-state index in [0.29, 0.717) is 18.4 Å². The lowest BCUT2D eigenvalue weighted by atomic mass is 9.70. The molecule has 0 spiro atoms. The van der Waals surface area contributed by atoms with E-state index in [1.165, 1.54) is 48.8 Å². The SMILES string of the molecule is COc1ccc2c(c1)CCC(c1ccc(C(=O)N(C)C)cc1)C2CCCCCCCCCCOS(C)(=O)=O. The number of carbonyl (C=O) groups is 1. The van der Waals surface area contributed by atoms with E-state index in [1.54, 1.807) is 26.1 Å². The molecule has 2 unspecified atom stereocenters. The number of amides is 1. The molecule has 3 rings (SSSR count). The zero-order valence-corrected chi connectivity index (χ0v) is 24.4. The zero-order chi connectivity index (χ0) is 27.5. The third-order valence-electron chi connectivity index (χ3n) is 7.66. The van der Waals surface area contributed by atoms with Crippen LogP contribution < -0.4 is 4.74 Å². The highest BCUT2D eigenvalue weighted by Gasteiger charge is 2.30. The molecular weight excluding hydrogens is 498 g/mol. The molecule has 2 atom stereocenters. The van der Waals surface area contributed by atoms with Crippen LogP contribution in [0.2, 0.25) is 0 Å². The van der Waals surface area contributed by atoms with Gasteiger partial charge in [-0.05, 0) is 78.5 Å². The standard InChI is InChI=1S/C31H45NO5S/c1-32(2)31(33)25-16-14-24(15-17-25)28-20-18-26-23-27(36-3)19-21-29(26)30(28)13-11-9-7-5-6-8-10-12-22-37-38(4,34)35/h14-17,19,21,23,28,30H,5-13,18,20,22H2,1-4H3. The van der Waals surface area contributed by atoms with Crippen LogP contribution in [0.15, 0.2) is 42.5 Å². The molecule has 210 valence electrons. The maximum absolute atomic E-state index is 12.4. The van der Waals surface area contributed by atoms with Gasteiger partial charge in [-0.15, -0.1) is 0 Å². The number of methoxy groups -OCH3 is 1. The summed E-state index contributed by atoms with van der Waals surface area (Å²) in [6.45, 7) is 0.295. The highest BCUT2D eigenvalue weighted by atomic mass is 32.2. The molecule has 6 nitrogen and oxygen atoms in total. The molecule has 38 heavy (non-hydrogen) atoms. The summed E-state index contributed by atoms with van der Waals surface area (Å²) < 4.78 is 32.3. The third kappa shape index (κ3) is 9.12. The third-order valence-corrected chi connectivity index (χ3v) is 8.25. The van der Waals surface area contributed by atoms with Crippen LogP contribution in [0.25, 0.3) is 0 Å². The molecule has 0 fully saturated rings. The number of ether oxygens (including phenoxy) is 1. The molecule has 0 saturated heterocycles. The van der Waals surface area contributed by atoms with Crippen LogP contribution >= 0.6 is 0 Å². The minimum absolute atomic E-state index is 0.0384. The van der Waals surface area contributed by atoms with Crippen molar-refractivity contribution < 1.29 is 22.1 Å². The Bertz CT molecular complexity index is 1130. The molecule has 0 aliphatic heterocycles. The molecule has 2 aromatic carbocycles. The van der Waals surface area contributed by atoms with Crippen molar-refractivity contribution in [3.05, 3.63) is 64.7 Å². The number of hydrogen-bond donors (Lipinski definition) is 0. The summed E-state index contributed by atoms with van der Waals surface area (Å²) >= 11 is 0. The number of rotatable bonds is 15. The van der Waals surface area contributed by atoms with Crippen LogP contribution in [0.4, 0.5) is 0 Å². The summed E-state index contributed by atoms with van der Waals surface area (Å²) in [5.41, 5.74) is 4.92. The second-order valence-electron chi connectivity index (χ2n) is 10.8. The predicted octanol–water partition coefficient (Wildman–Crippen LogP) is 6.70. The van der Waals surface area contributed by atoms with Gasteiger partial charge in [0, 0.05) is 19.7 Å². The average Bonchev–Trinajstić information content (AvgIpc) is 2.90. The number of fused-ring (bicyclic) bond motifs is 1.